The standard InChI is InChI=1S/C14H26N2O2/c1-11-5-3-4-6-12(11)7-16-13(17)8-18-14(2)9-15-10-14/h11-12,15H,3-10H2,1-2H3,(H,16,17). The van der Waals surface area contributed by atoms with Gasteiger partial charge < -0.3 is 15.4 Å². The van der Waals surface area contributed by atoms with Gasteiger partial charge in [0.15, 0.2) is 0 Å². The highest BCUT2D eigenvalue weighted by atomic mass is 16.5. The van der Waals surface area contributed by atoms with Crippen LogP contribution in [0.3, 0.4) is 0 Å². The number of rotatable bonds is 5. The summed E-state index contributed by atoms with van der Waals surface area (Å²) in [5.41, 5.74) is -0.129. The van der Waals surface area contributed by atoms with Crippen molar-refractivity contribution in [1.82, 2.24) is 10.6 Å². The van der Waals surface area contributed by atoms with Crippen molar-refractivity contribution in [3.63, 3.8) is 0 Å². The molecule has 2 atom stereocenters. The van der Waals surface area contributed by atoms with Gasteiger partial charge in [0.2, 0.25) is 5.91 Å². The monoisotopic (exact) mass is 254 g/mol. The molecule has 2 aliphatic rings. The molecule has 0 bridgehead atoms. The van der Waals surface area contributed by atoms with Crippen molar-refractivity contribution in [3.8, 4) is 0 Å². The third-order valence-corrected chi connectivity index (χ3v) is 4.40. The van der Waals surface area contributed by atoms with Crippen molar-refractivity contribution in [3.05, 3.63) is 0 Å². The van der Waals surface area contributed by atoms with E-state index in [0.29, 0.717) is 5.92 Å². The highest BCUT2D eigenvalue weighted by Gasteiger charge is 2.33. The molecule has 0 aromatic heterocycles. The molecular weight excluding hydrogens is 228 g/mol. The molecule has 2 N–H and O–H groups in total. The molecule has 4 nitrogen and oxygen atoms in total. The molecule has 1 aliphatic heterocycles. The summed E-state index contributed by atoms with van der Waals surface area (Å²) in [5.74, 6) is 1.43. The maximum atomic E-state index is 11.7. The maximum absolute atomic E-state index is 11.7. The van der Waals surface area contributed by atoms with E-state index < -0.39 is 0 Å². The number of carbonyl (C=O) groups is 1. The lowest BCUT2D eigenvalue weighted by molar-refractivity contribution is -0.136. The fourth-order valence-electron chi connectivity index (χ4n) is 2.81. The predicted octanol–water partition coefficient (Wildman–Crippen LogP) is 1.31. The molecule has 18 heavy (non-hydrogen) atoms. The number of hydrogen-bond donors (Lipinski definition) is 2. The van der Waals surface area contributed by atoms with Crippen LogP contribution in [-0.4, -0.2) is 37.7 Å². The normalized spacial score (nSPS) is 30.6. The van der Waals surface area contributed by atoms with Gasteiger partial charge >= 0.3 is 0 Å². The summed E-state index contributed by atoms with van der Waals surface area (Å²) in [7, 11) is 0. The van der Waals surface area contributed by atoms with Gasteiger partial charge in [-0.1, -0.05) is 26.2 Å². The second-order valence-corrected chi connectivity index (χ2v) is 6.17. The Hall–Kier alpha value is -0.610. The number of ether oxygens (including phenoxy) is 1. The zero-order chi connectivity index (χ0) is 13.0. The van der Waals surface area contributed by atoms with E-state index in [1.807, 2.05) is 6.92 Å². The van der Waals surface area contributed by atoms with Gasteiger partial charge in [0.05, 0.1) is 5.60 Å². The Balaban J connectivity index is 1.62. The minimum atomic E-state index is -0.129. The van der Waals surface area contributed by atoms with Gasteiger partial charge in [-0.05, 0) is 25.2 Å². The summed E-state index contributed by atoms with van der Waals surface area (Å²) in [6, 6.07) is 0. The fraction of sp³-hybridized carbons (Fsp3) is 0.929. The SMILES string of the molecule is CC1CCCCC1CNC(=O)COC1(C)CNC1. The zero-order valence-corrected chi connectivity index (χ0v) is 11.6. The molecule has 0 aromatic carbocycles. The summed E-state index contributed by atoms with van der Waals surface area (Å²) in [5, 5.41) is 6.18. The van der Waals surface area contributed by atoms with Crippen LogP contribution < -0.4 is 10.6 Å². The van der Waals surface area contributed by atoms with Gasteiger partial charge in [-0.2, -0.15) is 0 Å². The smallest absolute Gasteiger partial charge is 0.246 e. The van der Waals surface area contributed by atoms with Crippen LogP contribution in [-0.2, 0) is 9.53 Å². The number of amides is 1. The number of hydrogen-bond acceptors (Lipinski definition) is 3. The van der Waals surface area contributed by atoms with E-state index in [1.165, 1.54) is 25.7 Å². The summed E-state index contributed by atoms with van der Waals surface area (Å²) < 4.78 is 5.62. The molecule has 0 spiro atoms. The molecule has 0 aromatic rings. The molecule has 1 aliphatic carbocycles. The first kappa shape index (κ1) is 13.8. The minimum Gasteiger partial charge on any atom is -0.363 e. The lowest BCUT2D eigenvalue weighted by Gasteiger charge is -2.38. The fourth-order valence-corrected chi connectivity index (χ4v) is 2.81. The van der Waals surface area contributed by atoms with Crippen molar-refractivity contribution < 1.29 is 9.53 Å². The Morgan fingerprint density at radius 3 is 2.72 bits per heavy atom. The van der Waals surface area contributed by atoms with Crippen LogP contribution in [0.4, 0.5) is 0 Å². The molecule has 2 rings (SSSR count). The molecule has 1 saturated carbocycles. The first-order chi connectivity index (χ1) is 8.59. The number of carbonyl (C=O) groups excluding carboxylic acids is 1. The Labute approximate surface area is 110 Å². The van der Waals surface area contributed by atoms with Crippen molar-refractivity contribution >= 4 is 5.91 Å². The van der Waals surface area contributed by atoms with Crippen LogP contribution in [0.15, 0.2) is 0 Å². The molecule has 0 radical (unpaired) electrons. The van der Waals surface area contributed by atoms with Crippen LogP contribution in [0, 0.1) is 11.8 Å². The molecular formula is C14H26N2O2. The molecule has 1 amide bonds. The highest BCUT2D eigenvalue weighted by Crippen LogP contribution is 2.28. The first-order valence-corrected chi connectivity index (χ1v) is 7.20. The largest absolute Gasteiger partial charge is 0.363 e. The molecule has 2 unspecified atom stereocenters. The Morgan fingerprint density at radius 1 is 1.39 bits per heavy atom. The highest BCUT2D eigenvalue weighted by molar-refractivity contribution is 5.77. The molecule has 1 saturated heterocycles. The van der Waals surface area contributed by atoms with Crippen molar-refractivity contribution in [2.24, 2.45) is 11.8 Å². The second-order valence-electron chi connectivity index (χ2n) is 6.17. The maximum Gasteiger partial charge on any atom is 0.246 e. The van der Waals surface area contributed by atoms with Gasteiger partial charge in [-0.3, -0.25) is 4.79 Å². The first-order valence-electron chi connectivity index (χ1n) is 7.20. The third-order valence-electron chi connectivity index (χ3n) is 4.40. The molecule has 4 heteroatoms. The Bertz CT molecular complexity index is 290. The van der Waals surface area contributed by atoms with Gasteiger partial charge in [-0.15, -0.1) is 0 Å². The summed E-state index contributed by atoms with van der Waals surface area (Å²) >= 11 is 0. The minimum absolute atomic E-state index is 0.0286. The van der Waals surface area contributed by atoms with Crippen LogP contribution in [0.25, 0.3) is 0 Å². The van der Waals surface area contributed by atoms with Gasteiger partial charge in [0.1, 0.15) is 6.61 Å². The Morgan fingerprint density at radius 2 is 2.11 bits per heavy atom. The van der Waals surface area contributed by atoms with Gasteiger partial charge in [0.25, 0.3) is 0 Å². The van der Waals surface area contributed by atoms with E-state index in [2.05, 4.69) is 17.6 Å². The molecule has 104 valence electrons. The van der Waals surface area contributed by atoms with Gasteiger partial charge in [0, 0.05) is 19.6 Å². The van der Waals surface area contributed by atoms with Gasteiger partial charge in [-0.25, -0.2) is 0 Å². The van der Waals surface area contributed by atoms with Crippen LogP contribution in [0.2, 0.25) is 0 Å². The second kappa shape index (κ2) is 6.02. The average Bonchev–Trinajstić information content (AvgIpc) is 2.33. The predicted molar refractivity (Wildman–Crippen MR) is 71.4 cm³/mol. The van der Waals surface area contributed by atoms with E-state index in [-0.39, 0.29) is 18.1 Å². The van der Waals surface area contributed by atoms with E-state index in [4.69, 9.17) is 4.74 Å². The lowest BCUT2D eigenvalue weighted by atomic mass is 9.80. The summed E-state index contributed by atoms with van der Waals surface area (Å²) in [6.45, 7) is 7.05. The zero-order valence-electron chi connectivity index (χ0n) is 11.6. The topological polar surface area (TPSA) is 50.4 Å². The average molecular weight is 254 g/mol. The van der Waals surface area contributed by atoms with Crippen LogP contribution in [0.1, 0.15) is 39.5 Å². The summed E-state index contributed by atoms with van der Waals surface area (Å²) in [6.07, 6.45) is 5.22. The number of nitrogens with one attached hydrogen (secondary N) is 2. The van der Waals surface area contributed by atoms with E-state index >= 15 is 0 Å². The van der Waals surface area contributed by atoms with Crippen LogP contribution >= 0.6 is 0 Å². The van der Waals surface area contributed by atoms with Crippen molar-refractivity contribution in [2.75, 3.05) is 26.2 Å². The summed E-state index contributed by atoms with van der Waals surface area (Å²) in [4.78, 5) is 11.7. The Kier molecular flexibility index (Phi) is 4.62. The van der Waals surface area contributed by atoms with E-state index in [0.717, 1.165) is 25.6 Å². The van der Waals surface area contributed by atoms with E-state index in [9.17, 15) is 4.79 Å². The van der Waals surface area contributed by atoms with Crippen molar-refractivity contribution in [1.29, 1.82) is 0 Å². The lowest BCUT2D eigenvalue weighted by Crippen LogP contribution is -2.59. The van der Waals surface area contributed by atoms with Crippen molar-refractivity contribution in [2.45, 2.75) is 45.1 Å². The molecule has 1 heterocycles. The molecule has 2 fully saturated rings. The van der Waals surface area contributed by atoms with Crippen LogP contribution in [0.5, 0.6) is 0 Å². The van der Waals surface area contributed by atoms with E-state index in [1.54, 1.807) is 0 Å². The third kappa shape index (κ3) is 3.69. The quantitative estimate of drug-likeness (QED) is 0.777.